The predicted octanol–water partition coefficient (Wildman–Crippen LogP) is 3.40. The van der Waals surface area contributed by atoms with E-state index in [1.165, 1.54) is 6.08 Å². The highest BCUT2D eigenvalue weighted by atomic mass is 16.5. The number of aliphatic hydroxyl groups excluding tert-OH is 1. The largest absolute Gasteiger partial charge is 0.503 e. The fourth-order valence-electron chi connectivity index (χ4n) is 4.32. The second-order valence-corrected chi connectivity index (χ2v) is 8.23. The Labute approximate surface area is 199 Å². The molecule has 0 spiro atoms. The molecule has 2 aliphatic rings. The standard InChI is InChI=1S/C27H30N2O5/c1-2-34-22-10-6-9-21(19-22)25-24(23(30)12-11-20-7-4-3-5-8-20)26(31)27(32)29(25)14-13-28-15-17-33-18-16-28/h3-12,19,25,31H,2,13-18H2,1H3/b12-11+/t25-/m1/s1. The topological polar surface area (TPSA) is 79.3 Å². The second-order valence-electron chi connectivity index (χ2n) is 8.23. The number of carbonyl (C=O) groups excluding carboxylic acids is 2. The molecule has 0 aromatic heterocycles. The molecule has 2 aromatic rings. The van der Waals surface area contributed by atoms with Crippen molar-refractivity contribution in [2.45, 2.75) is 13.0 Å². The van der Waals surface area contributed by atoms with E-state index < -0.39 is 23.5 Å². The monoisotopic (exact) mass is 462 g/mol. The Morgan fingerprint density at radius 1 is 1.12 bits per heavy atom. The molecule has 0 saturated carbocycles. The third kappa shape index (κ3) is 5.38. The molecule has 4 rings (SSSR count). The maximum absolute atomic E-state index is 13.3. The van der Waals surface area contributed by atoms with Crippen molar-refractivity contribution in [3.8, 4) is 5.75 Å². The van der Waals surface area contributed by atoms with Crippen LogP contribution in [0.2, 0.25) is 0 Å². The molecule has 0 bridgehead atoms. The van der Waals surface area contributed by atoms with E-state index in [0.717, 1.165) is 24.2 Å². The number of ether oxygens (including phenoxy) is 2. The summed E-state index contributed by atoms with van der Waals surface area (Å²) in [6.07, 6.45) is 3.11. The zero-order chi connectivity index (χ0) is 23.9. The maximum Gasteiger partial charge on any atom is 0.290 e. The van der Waals surface area contributed by atoms with Crippen LogP contribution in [0.25, 0.3) is 6.08 Å². The average Bonchev–Trinajstić information content (AvgIpc) is 3.13. The van der Waals surface area contributed by atoms with Crippen LogP contribution in [0.5, 0.6) is 5.75 Å². The quantitative estimate of drug-likeness (QED) is 0.576. The Hall–Kier alpha value is -3.42. The molecule has 2 aromatic carbocycles. The Kier molecular flexibility index (Phi) is 7.77. The fraction of sp³-hybridized carbons (Fsp3) is 0.333. The summed E-state index contributed by atoms with van der Waals surface area (Å²) in [5.41, 5.74) is 1.67. The van der Waals surface area contributed by atoms with Gasteiger partial charge in [-0.3, -0.25) is 14.5 Å². The van der Waals surface area contributed by atoms with Crippen LogP contribution in [-0.2, 0) is 14.3 Å². The highest BCUT2D eigenvalue weighted by Gasteiger charge is 2.43. The van der Waals surface area contributed by atoms with Crippen LogP contribution in [0.4, 0.5) is 0 Å². The minimum atomic E-state index is -0.693. The molecule has 2 heterocycles. The van der Waals surface area contributed by atoms with Crippen LogP contribution >= 0.6 is 0 Å². The van der Waals surface area contributed by atoms with Gasteiger partial charge >= 0.3 is 0 Å². The molecule has 1 atom stereocenters. The van der Waals surface area contributed by atoms with Crippen molar-refractivity contribution in [1.29, 1.82) is 0 Å². The summed E-state index contributed by atoms with van der Waals surface area (Å²) in [5, 5.41) is 10.8. The summed E-state index contributed by atoms with van der Waals surface area (Å²) >= 11 is 0. The van der Waals surface area contributed by atoms with Gasteiger partial charge in [0.15, 0.2) is 11.5 Å². The molecular weight excluding hydrogens is 432 g/mol. The lowest BCUT2D eigenvalue weighted by atomic mass is 9.95. The molecule has 178 valence electrons. The van der Waals surface area contributed by atoms with Crippen LogP contribution < -0.4 is 4.74 Å². The van der Waals surface area contributed by atoms with Gasteiger partial charge in [-0.1, -0.05) is 48.5 Å². The van der Waals surface area contributed by atoms with Crippen LogP contribution in [0.3, 0.4) is 0 Å². The fourth-order valence-corrected chi connectivity index (χ4v) is 4.32. The lowest BCUT2D eigenvalue weighted by molar-refractivity contribution is -0.129. The number of morpholine rings is 1. The number of carbonyl (C=O) groups is 2. The Morgan fingerprint density at radius 3 is 2.62 bits per heavy atom. The summed E-state index contributed by atoms with van der Waals surface area (Å²) in [6, 6.07) is 16.1. The highest BCUT2D eigenvalue weighted by molar-refractivity contribution is 6.14. The smallest absolute Gasteiger partial charge is 0.290 e. The van der Waals surface area contributed by atoms with Crippen molar-refractivity contribution in [3.05, 3.63) is 83.1 Å². The number of hydrogen-bond donors (Lipinski definition) is 1. The molecule has 0 unspecified atom stereocenters. The van der Waals surface area contributed by atoms with E-state index in [-0.39, 0.29) is 5.57 Å². The van der Waals surface area contributed by atoms with Gasteiger partial charge in [-0.05, 0) is 36.3 Å². The summed E-state index contributed by atoms with van der Waals surface area (Å²) in [7, 11) is 0. The molecule has 0 aliphatic carbocycles. The lowest BCUT2D eigenvalue weighted by Gasteiger charge is -2.31. The first-order valence-electron chi connectivity index (χ1n) is 11.6. The Balaban J connectivity index is 1.64. The van der Waals surface area contributed by atoms with Crippen molar-refractivity contribution >= 4 is 17.8 Å². The van der Waals surface area contributed by atoms with E-state index in [9.17, 15) is 14.7 Å². The molecule has 1 fully saturated rings. The molecule has 7 nitrogen and oxygen atoms in total. The van der Waals surface area contributed by atoms with Gasteiger partial charge in [-0.2, -0.15) is 0 Å². The summed E-state index contributed by atoms with van der Waals surface area (Å²) < 4.78 is 11.1. The van der Waals surface area contributed by atoms with Gasteiger partial charge in [0, 0.05) is 26.2 Å². The maximum atomic E-state index is 13.3. The van der Waals surface area contributed by atoms with Crippen molar-refractivity contribution in [2.24, 2.45) is 0 Å². The number of ketones is 1. The van der Waals surface area contributed by atoms with Crippen LogP contribution in [0.15, 0.2) is 72.0 Å². The summed E-state index contributed by atoms with van der Waals surface area (Å²) in [6.45, 7) is 6.30. The molecule has 2 aliphatic heterocycles. The number of rotatable bonds is 9. The number of nitrogens with zero attached hydrogens (tertiary/aromatic N) is 2. The predicted molar refractivity (Wildman–Crippen MR) is 129 cm³/mol. The Morgan fingerprint density at radius 2 is 1.88 bits per heavy atom. The lowest BCUT2D eigenvalue weighted by Crippen LogP contribution is -2.43. The van der Waals surface area contributed by atoms with Gasteiger partial charge in [0.2, 0.25) is 0 Å². The first kappa shape index (κ1) is 23.7. The average molecular weight is 463 g/mol. The minimum absolute atomic E-state index is 0.0906. The van der Waals surface area contributed by atoms with Gasteiger partial charge in [0.1, 0.15) is 5.75 Å². The molecule has 7 heteroatoms. The van der Waals surface area contributed by atoms with Gasteiger partial charge in [0.05, 0.1) is 31.4 Å². The third-order valence-electron chi connectivity index (χ3n) is 6.04. The summed E-state index contributed by atoms with van der Waals surface area (Å²) in [5.74, 6) is -0.762. The van der Waals surface area contributed by atoms with Gasteiger partial charge in [-0.15, -0.1) is 0 Å². The summed E-state index contributed by atoms with van der Waals surface area (Å²) in [4.78, 5) is 30.2. The van der Waals surface area contributed by atoms with Crippen molar-refractivity contribution in [3.63, 3.8) is 0 Å². The third-order valence-corrected chi connectivity index (χ3v) is 6.04. The Bertz CT molecular complexity index is 1070. The van der Waals surface area contributed by atoms with Crippen LogP contribution in [-0.4, -0.2) is 72.6 Å². The number of hydrogen-bond acceptors (Lipinski definition) is 6. The molecule has 1 amide bonds. The first-order chi connectivity index (χ1) is 16.6. The van der Waals surface area contributed by atoms with E-state index in [1.807, 2.05) is 61.5 Å². The van der Waals surface area contributed by atoms with E-state index >= 15 is 0 Å². The van der Waals surface area contributed by atoms with E-state index in [2.05, 4.69) is 4.90 Å². The van der Waals surface area contributed by atoms with Crippen molar-refractivity contribution < 1.29 is 24.2 Å². The highest BCUT2D eigenvalue weighted by Crippen LogP contribution is 2.39. The number of amides is 1. The van der Waals surface area contributed by atoms with Crippen LogP contribution in [0, 0.1) is 0 Å². The van der Waals surface area contributed by atoms with Gasteiger partial charge in [-0.25, -0.2) is 0 Å². The molecule has 1 N–H and O–H groups in total. The van der Waals surface area contributed by atoms with Gasteiger partial charge < -0.3 is 19.5 Å². The first-order valence-corrected chi connectivity index (χ1v) is 11.6. The molecule has 0 radical (unpaired) electrons. The SMILES string of the molecule is CCOc1cccc([C@@H]2C(C(=O)/C=C/c3ccccc3)=C(O)C(=O)N2CCN2CCOCC2)c1. The van der Waals surface area contributed by atoms with E-state index in [1.54, 1.807) is 11.0 Å². The van der Waals surface area contributed by atoms with E-state index in [4.69, 9.17) is 9.47 Å². The normalized spacial score (nSPS) is 19.3. The molecule has 34 heavy (non-hydrogen) atoms. The zero-order valence-electron chi connectivity index (χ0n) is 19.4. The zero-order valence-corrected chi connectivity index (χ0v) is 19.4. The minimum Gasteiger partial charge on any atom is -0.503 e. The van der Waals surface area contributed by atoms with Crippen LogP contribution in [0.1, 0.15) is 24.1 Å². The van der Waals surface area contributed by atoms with Crippen molar-refractivity contribution in [2.75, 3.05) is 46.0 Å². The molecule has 1 saturated heterocycles. The number of aliphatic hydroxyl groups is 1. The number of benzene rings is 2. The van der Waals surface area contributed by atoms with E-state index in [0.29, 0.717) is 38.7 Å². The second kappa shape index (κ2) is 11.1. The van der Waals surface area contributed by atoms with Gasteiger partial charge in [0.25, 0.3) is 5.91 Å². The van der Waals surface area contributed by atoms with Crippen molar-refractivity contribution in [1.82, 2.24) is 9.80 Å². The molecular formula is C27H30N2O5. The number of allylic oxidation sites excluding steroid dienone is 1.